The van der Waals surface area contributed by atoms with Crippen LogP contribution in [-0.4, -0.2) is 19.9 Å². The molecule has 2 aromatic heterocycles. The monoisotopic (exact) mass is 618 g/mol. The molecule has 0 fully saturated rings. The predicted octanol–water partition coefficient (Wildman–Crippen LogP) is 11.1. The van der Waals surface area contributed by atoms with Gasteiger partial charge >= 0.3 is 0 Å². The molecule has 9 rings (SSSR count). The highest BCUT2D eigenvalue weighted by atomic mass is 32.1. The molecule has 47 heavy (non-hydrogen) atoms. The highest BCUT2D eigenvalue weighted by Crippen LogP contribution is 2.39. The molecule has 0 radical (unpaired) electrons. The first kappa shape index (κ1) is 27.3. The molecule has 5 heteroatoms. The molecule has 0 aliphatic carbocycles. The van der Waals surface area contributed by atoms with E-state index in [4.69, 9.17) is 19.9 Å². The third kappa shape index (κ3) is 5.03. The molecular formula is C42H26N4S. The number of hydrogen-bond acceptors (Lipinski definition) is 5. The van der Waals surface area contributed by atoms with Crippen LogP contribution >= 0.6 is 11.3 Å². The average molecular weight is 619 g/mol. The van der Waals surface area contributed by atoms with Crippen molar-refractivity contribution in [1.29, 1.82) is 0 Å². The van der Waals surface area contributed by atoms with Crippen LogP contribution in [-0.2, 0) is 0 Å². The third-order valence-electron chi connectivity index (χ3n) is 8.53. The Bertz CT molecular complexity index is 2500. The average Bonchev–Trinajstić information content (AvgIpc) is 3.60. The zero-order chi connectivity index (χ0) is 31.2. The van der Waals surface area contributed by atoms with Gasteiger partial charge in [0, 0.05) is 27.6 Å². The molecule has 2 heterocycles. The molecule has 0 atom stereocenters. The van der Waals surface area contributed by atoms with Crippen molar-refractivity contribution < 1.29 is 0 Å². The lowest BCUT2D eigenvalue weighted by molar-refractivity contribution is 1.08. The summed E-state index contributed by atoms with van der Waals surface area (Å²) < 4.78 is 1.20. The van der Waals surface area contributed by atoms with Crippen LogP contribution in [0.5, 0.6) is 0 Å². The lowest BCUT2D eigenvalue weighted by atomic mass is 9.95. The van der Waals surface area contributed by atoms with E-state index in [2.05, 4.69) is 91.0 Å². The summed E-state index contributed by atoms with van der Waals surface area (Å²) in [5.41, 5.74) is 7.26. The minimum Gasteiger partial charge on any atom is -0.236 e. The molecule has 0 aliphatic heterocycles. The Labute approximate surface area is 275 Å². The summed E-state index contributed by atoms with van der Waals surface area (Å²) in [5, 5.41) is 5.66. The number of fused-ring (bicyclic) bond motifs is 4. The van der Waals surface area contributed by atoms with E-state index in [0.29, 0.717) is 17.5 Å². The summed E-state index contributed by atoms with van der Waals surface area (Å²) >= 11 is 1.75. The van der Waals surface area contributed by atoms with Gasteiger partial charge in [-0.2, -0.15) is 0 Å². The molecular weight excluding hydrogens is 593 g/mol. The fourth-order valence-electron chi connectivity index (χ4n) is 6.18. The number of rotatable bonds is 5. The molecule has 0 saturated heterocycles. The Balaban J connectivity index is 1.24. The van der Waals surface area contributed by atoms with Crippen molar-refractivity contribution in [2.45, 2.75) is 0 Å². The van der Waals surface area contributed by atoms with E-state index in [0.717, 1.165) is 54.7 Å². The minimum absolute atomic E-state index is 0.647. The molecule has 0 amide bonds. The number of hydrogen-bond donors (Lipinski definition) is 0. The number of benzene rings is 7. The summed E-state index contributed by atoms with van der Waals surface area (Å²) in [5.74, 6) is 1.95. The van der Waals surface area contributed by atoms with Crippen molar-refractivity contribution in [1.82, 2.24) is 19.9 Å². The van der Waals surface area contributed by atoms with E-state index in [9.17, 15) is 0 Å². The van der Waals surface area contributed by atoms with Crippen LogP contribution in [0.2, 0.25) is 0 Å². The van der Waals surface area contributed by atoms with Crippen molar-refractivity contribution in [3.8, 4) is 55.9 Å². The number of nitrogens with zero attached hydrogens (tertiary/aromatic N) is 4. The SMILES string of the molecule is c1ccc(-c2nc(-c3ccccc3)nc(-c3cc(-c4ccc5ccc6nc(-c7ccccc7)sc6c5c4)cc4ccccc34)n2)cc1. The molecule has 0 N–H and O–H groups in total. The smallest absolute Gasteiger partial charge is 0.164 e. The Morgan fingerprint density at radius 2 is 0.957 bits per heavy atom. The predicted molar refractivity (Wildman–Crippen MR) is 195 cm³/mol. The van der Waals surface area contributed by atoms with Crippen molar-refractivity contribution in [2.24, 2.45) is 0 Å². The molecule has 9 aromatic rings. The normalized spacial score (nSPS) is 11.4. The van der Waals surface area contributed by atoms with Gasteiger partial charge in [-0.1, -0.05) is 133 Å². The second-order valence-electron chi connectivity index (χ2n) is 11.5. The van der Waals surface area contributed by atoms with Crippen LogP contribution < -0.4 is 0 Å². The topological polar surface area (TPSA) is 51.6 Å². The first-order valence-corrected chi connectivity index (χ1v) is 16.4. The fraction of sp³-hybridized carbons (Fsp3) is 0. The van der Waals surface area contributed by atoms with Gasteiger partial charge in [0.05, 0.1) is 10.2 Å². The molecule has 4 nitrogen and oxygen atoms in total. The van der Waals surface area contributed by atoms with E-state index in [-0.39, 0.29) is 0 Å². The lowest BCUT2D eigenvalue weighted by Crippen LogP contribution is -2.00. The first-order valence-electron chi connectivity index (χ1n) is 15.6. The highest BCUT2D eigenvalue weighted by molar-refractivity contribution is 7.22. The van der Waals surface area contributed by atoms with Crippen LogP contribution in [0.25, 0.3) is 87.6 Å². The molecule has 7 aromatic carbocycles. The van der Waals surface area contributed by atoms with Gasteiger partial charge in [0.2, 0.25) is 0 Å². The van der Waals surface area contributed by atoms with Gasteiger partial charge in [0.25, 0.3) is 0 Å². The van der Waals surface area contributed by atoms with Gasteiger partial charge in [0.15, 0.2) is 17.5 Å². The van der Waals surface area contributed by atoms with E-state index in [1.807, 2.05) is 66.7 Å². The maximum Gasteiger partial charge on any atom is 0.164 e. The Morgan fingerprint density at radius 3 is 1.66 bits per heavy atom. The van der Waals surface area contributed by atoms with Crippen LogP contribution in [0.15, 0.2) is 158 Å². The van der Waals surface area contributed by atoms with Crippen LogP contribution in [0.3, 0.4) is 0 Å². The molecule has 0 spiro atoms. The maximum absolute atomic E-state index is 5.08. The zero-order valence-electron chi connectivity index (χ0n) is 25.2. The van der Waals surface area contributed by atoms with Crippen molar-refractivity contribution in [2.75, 3.05) is 0 Å². The standard InChI is InChI=1S/C42H26N4S/c1-4-12-28(13-5-1)39-44-40(29-14-6-2-7-15-29)46-41(45-39)36-26-33(24-32-18-10-11-19-34(32)36)31-21-20-27-22-23-37-38(35(27)25-31)47-42(43-37)30-16-8-3-9-17-30/h1-26H. The van der Waals surface area contributed by atoms with Crippen LogP contribution in [0.4, 0.5) is 0 Å². The van der Waals surface area contributed by atoms with Gasteiger partial charge in [-0.05, 0) is 51.6 Å². The van der Waals surface area contributed by atoms with Crippen molar-refractivity contribution in [3.63, 3.8) is 0 Å². The number of aromatic nitrogens is 4. The van der Waals surface area contributed by atoms with Gasteiger partial charge in [-0.3, -0.25) is 0 Å². The lowest BCUT2D eigenvalue weighted by Gasteiger charge is -2.13. The minimum atomic E-state index is 0.647. The number of thiazole rings is 1. The molecule has 0 saturated carbocycles. The van der Waals surface area contributed by atoms with Gasteiger partial charge in [-0.25, -0.2) is 19.9 Å². The molecule has 0 bridgehead atoms. The summed E-state index contributed by atoms with van der Waals surface area (Å²) in [6.07, 6.45) is 0. The summed E-state index contributed by atoms with van der Waals surface area (Å²) in [6, 6.07) is 54.6. The zero-order valence-corrected chi connectivity index (χ0v) is 26.0. The molecule has 0 unspecified atom stereocenters. The van der Waals surface area contributed by atoms with E-state index < -0.39 is 0 Å². The molecule has 0 aliphatic rings. The van der Waals surface area contributed by atoms with E-state index in [1.54, 1.807) is 11.3 Å². The largest absolute Gasteiger partial charge is 0.236 e. The Kier molecular flexibility index (Phi) is 6.61. The Morgan fingerprint density at radius 1 is 0.362 bits per heavy atom. The summed E-state index contributed by atoms with van der Waals surface area (Å²) in [7, 11) is 0. The second kappa shape index (κ2) is 11.4. The van der Waals surface area contributed by atoms with Crippen LogP contribution in [0.1, 0.15) is 0 Å². The summed E-state index contributed by atoms with van der Waals surface area (Å²) in [4.78, 5) is 20.1. The highest BCUT2D eigenvalue weighted by Gasteiger charge is 2.17. The van der Waals surface area contributed by atoms with Gasteiger partial charge in [0.1, 0.15) is 5.01 Å². The van der Waals surface area contributed by atoms with Crippen molar-refractivity contribution in [3.05, 3.63) is 158 Å². The van der Waals surface area contributed by atoms with Crippen molar-refractivity contribution >= 4 is 43.1 Å². The van der Waals surface area contributed by atoms with Gasteiger partial charge < -0.3 is 0 Å². The first-order chi connectivity index (χ1) is 23.3. The summed E-state index contributed by atoms with van der Waals surface area (Å²) in [6.45, 7) is 0. The quantitative estimate of drug-likeness (QED) is 0.193. The van der Waals surface area contributed by atoms with E-state index in [1.165, 1.54) is 15.5 Å². The fourth-order valence-corrected chi connectivity index (χ4v) is 7.28. The maximum atomic E-state index is 5.08. The second-order valence-corrected chi connectivity index (χ2v) is 12.5. The third-order valence-corrected chi connectivity index (χ3v) is 9.68. The van der Waals surface area contributed by atoms with E-state index >= 15 is 0 Å². The van der Waals surface area contributed by atoms with Gasteiger partial charge in [-0.15, -0.1) is 11.3 Å². The van der Waals surface area contributed by atoms with Crippen LogP contribution in [0, 0.1) is 0 Å². The Hall–Kier alpha value is -6.04. The molecule has 220 valence electrons.